The van der Waals surface area contributed by atoms with E-state index in [9.17, 15) is 9.90 Å². The Morgan fingerprint density at radius 2 is 1.91 bits per heavy atom. The zero-order chi connectivity index (χ0) is 22.7. The number of fused-ring (bicyclic) bond motifs is 2. The van der Waals surface area contributed by atoms with Crippen LogP contribution >= 0.6 is 11.9 Å². The van der Waals surface area contributed by atoms with Crippen molar-refractivity contribution in [1.82, 2.24) is 9.71 Å². The summed E-state index contributed by atoms with van der Waals surface area (Å²) in [7, 11) is 1.89. The number of benzene rings is 1. The van der Waals surface area contributed by atoms with Crippen molar-refractivity contribution in [3.63, 3.8) is 0 Å². The summed E-state index contributed by atoms with van der Waals surface area (Å²) in [6.07, 6.45) is 7.54. The molecule has 0 unspecified atom stereocenters. The van der Waals surface area contributed by atoms with Gasteiger partial charge in [0.2, 0.25) is 0 Å². The van der Waals surface area contributed by atoms with Gasteiger partial charge in [-0.25, -0.2) is 9.71 Å². The molecule has 7 rings (SSSR count). The Kier molecular flexibility index (Phi) is 5.14. The normalized spacial score (nSPS) is 29.4. The van der Waals surface area contributed by atoms with Crippen LogP contribution in [0.25, 0.3) is 10.9 Å². The standard InChI is InChI=1S/C20H26N4O2S.C5H6O/c1-21-18-3-2-15-16(22-18)10-14(27-23-20(25)4-5-20)11-17(15)24-8-6-19(7-9-24)12-26-13-19;6-3-5-1-4(5)2-5/h2-3,10-11,23,25H,4-9,12-13H2,1H3,(H,21,22);3-4H,1-2H2. The molecule has 3 saturated carbocycles. The molecule has 3 N–H and O–H groups in total. The Morgan fingerprint density at radius 1 is 1.18 bits per heavy atom. The third kappa shape index (κ3) is 4.22. The molecule has 7 nitrogen and oxygen atoms in total. The monoisotopic (exact) mass is 468 g/mol. The lowest BCUT2D eigenvalue weighted by Gasteiger charge is -2.48. The van der Waals surface area contributed by atoms with E-state index in [-0.39, 0.29) is 5.41 Å². The van der Waals surface area contributed by atoms with Crippen LogP contribution in [0.5, 0.6) is 0 Å². The van der Waals surface area contributed by atoms with E-state index in [1.54, 1.807) is 0 Å². The van der Waals surface area contributed by atoms with Gasteiger partial charge in [-0.1, -0.05) is 0 Å². The molecule has 5 aliphatic rings. The van der Waals surface area contributed by atoms with Gasteiger partial charge in [0.15, 0.2) is 0 Å². The third-order valence-electron chi connectivity index (χ3n) is 8.06. The van der Waals surface area contributed by atoms with Gasteiger partial charge in [0.1, 0.15) is 17.8 Å². The van der Waals surface area contributed by atoms with Crippen LogP contribution < -0.4 is 14.9 Å². The van der Waals surface area contributed by atoms with Crippen molar-refractivity contribution in [2.24, 2.45) is 16.7 Å². The van der Waals surface area contributed by atoms with E-state index in [0.29, 0.717) is 5.41 Å². The number of carbonyl (C=O) groups excluding carboxylic acids is 1. The fourth-order valence-electron chi connectivity index (χ4n) is 4.86. The molecule has 0 bridgehead atoms. The molecule has 5 fully saturated rings. The van der Waals surface area contributed by atoms with Gasteiger partial charge in [0.25, 0.3) is 0 Å². The van der Waals surface area contributed by atoms with E-state index >= 15 is 0 Å². The van der Waals surface area contributed by atoms with E-state index in [4.69, 9.17) is 9.72 Å². The smallest absolute Gasteiger partial charge is 0.126 e. The Bertz CT molecular complexity index is 1070. The molecule has 0 amide bonds. The number of carbonyl (C=O) groups is 1. The maximum Gasteiger partial charge on any atom is 0.126 e. The number of rotatable bonds is 6. The first kappa shape index (κ1) is 21.6. The molecule has 2 aliphatic heterocycles. The Labute approximate surface area is 198 Å². The number of aldehydes is 1. The van der Waals surface area contributed by atoms with E-state index in [2.05, 4.69) is 33.1 Å². The number of nitrogens with zero attached hydrogens (tertiary/aromatic N) is 2. The lowest BCUT2D eigenvalue weighted by atomic mass is 9.76. The number of pyridine rings is 1. The first-order valence-electron chi connectivity index (χ1n) is 12.0. The average molecular weight is 469 g/mol. The molecule has 0 atom stereocenters. The highest BCUT2D eigenvalue weighted by atomic mass is 32.2. The zero-order valence-electron chi connectivity index (χ0n) is 19.1. The van der Waals surface area contributed by atoms with Crippen molar-refractivity contribution >= 4 is 40.6 Å². The lowest BCUT2D eigenvalue weighted by molar-refractivity contribution is -0.124. The van der Waals surface area contributed by atoms with Gasteiger partial charge in [-0.2, -0.15) is 0 Å². The second-order valence-electron chi connectivity index (χ2n) is 10.6. The van der Waals surface area contributed by atoms with Crippen LogP contribution in [0, 0.1) is 16.7 Å². The molecule has 8 heteroatoms. The summed E-state index contributed by atoms with van der Waals surface area (Å²) >= 11 is 1.50. The van der Waals surface area contributed by atoms with E-state index < -0.39 is 5.72 Å². The van der Waals surface area contributed by atoms with Crippen LogP contribution in [-0.4, -0.2) is 55.5 Å². The summed E-state index contributed by atoms with van der Waals surface area (Å²) in [5.74, 6) is 1.71. The van der Waals surface area contributed by atoms with Gasteiger partial charge in [-0.05, 0) is 80.7 Å². The summed E-state index contributed by atoms with van der Waals surface area (Å²) < 4.78 is 8.67. The maximum atomic E-state index is 10.1. The number of aromatic nitrogens is 1. The van der Waals surface area contributed by atoms with Gasteiger partial charge in [-0.3, -0.25) is 0 Å². The largest absolute Gasteiger partial charge is 0.380 e. The van der Waals surface area contributed by atoms with E-state index in [1.807, 2.05) is 13.1 Å². The molecular formula is C25H32N4O3S. The van der Waals surface area contributed by atoms with Crippen molar-refractivity contribution in [1.29, 1.82) is 0 Å². The van der Waals surface area contributed by atoms with Crippen LogP contribution in [0.1, 0.15) is 38.5 Å². The number of nitrogens with one attached hydrogen (secondary N) is 2. The summed E-state index contributed by atoms with van der Waals surface area (Å²) in [5, 5.41) is 14.4. The van der Waals surface area contributed by atoms with Crippen LogP contribution in [0.15, 0.2) is 29.2 Å². The zero-order valence-corrected chi connectivity index (χ0v) is 19.9. The third-order valence-corrected chi connectivity index (χ3v) is 9.01. The van der Waals surface area contributed by atoms with Crippen LogP contribution in [-0.2, 0) is 9.53 Å². The van der Waals surface area contributed by atoms with Crippen molar-refractivity contribution in [2.45, 2.75) is 49.1 Å². The predicted molar refractivity (Wildman–Crippen MR) is 130 cm³/mol. The summed E-state index contributed by atoms with van der Waals surface area (Å²) in [5.41, 5.74) is 2.23. The number of aliphatic hydroxyl groups is 1. The molecule has 1 spiro atoms. The van der Waals surface area contributed by atoms with Crippen LogP contribution in [0.2, 0.25) is 0 Å². The van der Waals surface area contributed by atoms with Crippen LogP contribution in [0.3, 0.4) is 0 Å². The van der Waals surface area contributed by atoms with Gasteiger partial charge >= 0.3 is 0 Å². The minimum Gasteiger partial charge on any atom is -0.380 e. The van der Waals surface area contributed by atoms with Gasteiger partial charge in [0.05, 0.1) is 18.7 Å². The number of hydrogen-bond acceptors (Lipinski definition) is 8. The van der Waals surface area contributed by atoms with E-state index in [1.165, 1.54) is 48.7 Å². The van der Waals surface area contributed by atoms with Crippen LogP contribution in [0.4, 0.5) is 11.5 Å². The molecule has 3 heterocycles. The minimum atomic E-state index is -0.693. The number of piperidine rings is 1. The van der Waals surface area contributed by atoms with Crippen molar-refractivity contribution in [3.8, 4) is 0 Å². The molecule has 33 heavy (non-hydrogen) atoms. The minimum absolute atomic E-state index is 0.278. The van der Waals surface area contributed by atoms with Crippen molar-refractivity contribution in [2.75, 3.05) is 43.6 Å². The maximum absolute atomic E-state index is 10.1. The predicted octanol–water partition coefficient (Wildman–Crippen LogP) is 3.57. The molecule has 2 aromatic rings. The number of hydrogen-bond donors (Lipinski definition) is 3. The molecule has 176 valence electrons. The van der Waals surface area contributed by atoms with Crippen molar-refractivity contribution < 1.29 is 14.6 Å². The lowest BCUT2D eigenvalue weighted by Crippen LogP contribution is -2.51. The first-order chi connectivity index (χ1) is 16.0. The molecule has 1 aromatic carbocycles. The fourth-order valence-corrected chi connectivity index (χ4v) is 5.71. The summed E-state index contributed by atoms with van der Waals surface area (Å²) in [4.78, 5) is 18.3. The quantitative estimate of drug-likeness (QED) is 0.337. The van der Waals surface area contributed by atoms with Gasteiger partial charge in [-0.15, -0.1) is 0 Å². The second kappa shape index (κ2) is 7.83. The Balaban J connectivity index is 0.000000295. The number of anilines is 2. The fraction of sp³-hybridized carbons (Fsp3) is 0.600. The average Bonchev–Trinajstić information content (AvgIpc) is 3.74. The van der Waals surface area contributed by atoms with Gasteiger partial charge < -0.3 is 24.9 Å². The second-order valence-corrected chi connectivity index (χ2v) is 11.5. The first-order valence-corrected chi connectivity index (χ1v) is 12.9. The molecule has 1 aromatic heterocycles. The SMILES string of the molecule is CNc1ccc2c(N3CCC4(CC3)COC4)cc(SNC3(O)CC3)cc2n1.O=CC12CC1C2. The van der Waals surface area contributed by atoms with Gasteiger partial charge in [0, 0.05) is 46.9 Å². The Morgan fingerprint density at radius 3 is 2.42 bits per heavy atom. The Hall–Kier alpha value is -1.87. The van der Waals surface area contributed by atoms with Crippen molar-refractivity contribution in [3.05, 3.63) is 24.3 Å². The number of ether oxygens (including phenoxy) is 1. The summed E-state index contributed by atoms with van der Waals surface area (Å²) in [6.45, 7) is 3.95. The topological polar surface area (TPSA) is 86.7 Å². The molecule has 2 saturated heterocycles. The highest BCUT2D eigenvalue weighted by Crippen LogP contribution is 2.73. The molecule has 3 aliphatic carbocycles. The molecular weight excluding hydrogens is 436 g/mol. The molecule has 0 radical (unpaired) electrons. The highest BCUT2D eigenvalue weighted by Gasteiger charge is 2.69. The summed E-state index contributed by atoms with van der Waals surface area (Å²) in [6, 6.07) is 8.54. The highest BCUT2D eigenvalue weighted by molar-refractivity contribution is 7.97. The van der Waals surface area contributed by atoms with E-state index in [0.717, 1.165) is 67.6 Å².